The molecule has 1 aliphatic rings. The monoisotopic (exact) mass is 351 g/mol. The van der Waals surface area contributed by atoms with E-state index in [1.165, 1.54) is 6.07 Å². The van der Waals surface area contributed by atoms with Crippen LogP contribution in [0.3, 0.4) is 0 Å². The Labute approximate surface area is 139 Å². The van der Waals surface area contributed by atoms with Crippen LogP contribution in [-0.4, -0.2) is 49.4 Å². The number of hydrogen-bond acceptors (Lipinski definition) is 3. The van der Waals surface area contributed by atoms with Crippen LogP contribution >= 0.6 is 35.6 Å². The summed E-state index contributed by atoms with van der Waals surface area (Å²) in [6.07, 6.45) is 0. The summed E-state index contributed by atoms with van der Waals surface area (Å²) in [5.41, 5.74) is 0.382. The average molecular weight is 353 g/mol. The number of amides is 2. The number of rotatable bonds is 3. The van der Waals surface area contributed by atoms with E-state index in [1.54, 1.807) is 17.0 Å². The number of piperazine rings is 1. The van der Waals surface area contributed by atoms with Gasteiger partial charge in [0.2, 0.25) is 5.91 Å². The van der Waals surface area contributed by atoms with E-state index in [4.69, 9.17) is 23.2 Å². The standard InChI is InChI=1S/C13H15Cl2N3O2.ClH/c14-10-2-1-9(7-11(10)15)13(20)17-8-12(19)18-5-3-16-4-6-18;/h1-2,7,16H,3-6,8H2,(H,17,20);1H. The van der Waals surface area contributed by atoms with E-state index < -0.39 is 0 Å². The van der Waals surface area contributed by atoms with E-state index in [-0.39, 0.29) is 30.8 Å². The van der Waals surface area contributed by atoms with Crippen molar-refractivity contribution in [1.29, 1.82) is 0 Å². The molecule has 0 aliphatic carbocycles. The Morgan fingerprint density at radius 2 is 1.86 bits per heavy atom. The molecule has 21 heavy (non-hydrogen) atoms. The Bertz CT molecular complexity index is 519. The molecule has 8 heteroatoms. The third kappa shape index (κ3) is 5.04. The topological polar surface area (TPSA) is 61.4 Å². The van der Waals surface area contributed by atoms with Crippen molar-refractivity contribution in [3.8, 4) is 0 Å². The molecular weight excluding hydrogens is 337 g/mol. The predicted molar refractivity (Wildman–Crippen MR) is 85.5 cm³/mol. The quantitative estimate of drug-likeness (QED) is 0.868. The van der Waals surface area contributed by atoms with Gasteiger partial charge in [0.05, 0.1) is 16.6 Å². The number of carbonyl (C=O) groups is 2. The summed E-state index contributed by atoms with van der Waals surface area (Å²) in [4.78, 5) is 25.5. The second-order valence-electron chi connectivity index (χ2n) is 4.44. The van der Waals surface area contributed by atoms with Gasteiger partial charge in [-0.3, -0.25) is 9.59 Å². The molecule has 2 rings (SSSR count). The van der Waals surface area contributed by atoms with Crippen molar-refractivity contribution in [2.45, 2.75) is 0 Å². The SMILES string of the molecule is Cl.O=C(NCC(=O)N1CCNCC1)c1ccc(Cl)c(Cl)c1. The van der Waals surface area contributed by atoms with Crippen molar-refractivity contribution in [3.05, 3.63) is 33.8 Å². The zero-order valence-electron chi connectivity index (χ0n) is 11.2. The largest absolute Gasteiger partial charge is 0.343 e. The molecule has 0 atom stereocenters. The van der Waals surface area contributed by atoms with Crippen molar-refractivity contribution in [2.24, 2.45) is 0 Å². The van der Waals surface area contributed by atoms with E-state index in [2.05, 4.69) is 10.6 Å². The molecule has 5 nitrogen and oxygen atoms in total. The lowest BCUT2D eigenvalue weighted by Gasteiger charge is -2.27. The van der Waals surface area contributed by atoms with Crippen LogP contribution in [0.2, 0.25) is 10.0 Å². The summed E-state index contributed by atoms with van der Waals surface area (Å²) >= 11 is 11.6. The smallest absolute Gasteiger partial charge is 0.251 e. The van der Waals surface area contributed by atoms with Gasteiger partial charge in [-0.2, -0.15) is 0 Å². The highest BCUT2D eigenvalue weighted by Gasteiger charge is 2.17. The zero-order valence-corrected chi connectivity index (χ0v) is 13.5. The van der Waals surface area contributed by atoms with E-state index in [0.29, 0.717) is 28.7 Å². The van der Waals surface area contributed by atoms with Gasteiger partial charge in [-0.15, -0.1) is 12.4 Å². The molecule has 1 heterocycles. The predicted octanol–water partition coefficient (Wildman–Crippen LogP) is 1.58. The third-order valence-electron chi connectivity index (χ3n) is 3.05. The Balaban J connectivity index is 0.00000220. The molecule has 1 aromatic carbocycles. The maximum atomic E-state index is 11.9. The van der Waals surface area contributed by atoms with Gasteiger partial charge < -0.3 is 15.5 Å². The van der Waals surface area contributed by atoms with Gasteiger partial charge >= 0.3 is 0 Å². The first-order chi connectivity index (χ1) is 9.58. The highest BCUT2D eigenvalue weighted by atomic mass is 35.5. The van der Waals surface area contributed by atoms with Gasteiger partial charge in [0, 0.05) is 31.7 Å². The van der Waals surface area contributed by atoms with Gasteiger partial charge in [-0.1, -0.05) is 23.2 Å². The van der Waals surface area contributed by atoms with Crippen LogP contribution in [0.25, 0.3) is 0 Å². The zero-order chi connectivity index (χ0) is 14.5. The fourth-order valence-electron chi connectivity index (χ4n) is 1.92. The Kier molecular flexibility index (Phi) is 7.25. The lowest BCUT2D eigenvalue weighted by molar-refractivity contribution is -0.130. The first kappa shape index (κ1) is 18.0. The van der Waals surface area contributed by atoms with Gasteiger partial charge in [0.15, 0.2) is 0 Å². The first-order valence-corrected chi connectivity index (χ1v) is 7.05. The van der Waals surface area contributed by atoms with E-state index in [1.807, 2.05) is 0 Å². The minimum absolute atomic E-state index is 0. The van der Waals surface area contributed by atoms with Crippen LogP contribution in [0.15, 0.2) is 18.2 Å². The molecule has 1 aromatic rings. The molecule has 0 bridgehead atoms. The van der Waals surface area contributed by atoms with Gasteiger partial charge in [-0.25, -0.2) is 0 Å². The summed E-state index contributed by atoms with van der Waals surface area (Å²) in [6, 6.07) is 4.60. The number of nitrogens with one attached hydrogen (secondary N) is 2. The summed E-state index contributed by atoms with van der Waals surface area (Å²) < 4.78 is 0. The van der Waals surface area contributed by atoms with Crippen LogP contribution in [0.1, 0.15) is 10.4 Å². The Morgan fingerprint density at radius 1 is 1.19 bits per heavy atom. The van der Waals surface area contributed by atoms with E-state index in [0.717, 1.165) is 13.1 Å². The highest BCUT2D eigenvalue weighted by molar-refractivity contribution is 6.42. The molecule has 0 aromatic heterocycles. The summed E-state index contributed by atoms with van der Waals surface area (Å²) in [6.45, 7) is 2.89. The molecule has 116 valence electrons. The summed E-state index contributed by atoms with van der Waals surface area (Å²) in [7, 11) is 0. The number of benzene rings is 1. The molecule has 1 aliphatic heterocycles. The summed E-state index contributed by atoms with van der Waals surface area (Å²) in [5.74, 6) is -0.424. The first-order valence-electron chi connectivity index (χ1n) is 6.29. The fraction of sp³-hybridized carbons (Fsp3) is 0.385. The minimum Gasteiger partial charge on any atom is -0.343 e. The van der Waals surface area contributed by atoms with Crippen LogP contribution in [0.4, 0.5) is 0 Å². The average Bonchev–Trinajstić information content (AvgIpc) is 2.48. The number of hydrogen-bond donors (Lipinski definition) is 2. The van der Waals surface area contributed by atoms with Gasteiger partial charge in [0.25, 0.3) is 5.91 Å². The molecule has 1 fully saturated rings. The molecule has 2 N–H and O–H groups in total. The van der Waals surface area contributed by atoms with Crippen LogP contribution in [0, 0.1) is 0 Å². The van der Waals surface area contributed by atoms with E-state index >= 15 is 0 Å². The molecule has 2 amide bonds. The Morgan fingerprint density at radius 3 is 2.48 bits per heavy atom. The normalized spacial score (nSPS) is 14.3. The van der Waals surface area contributed by atoms with E-state index in [9.17, 15) is 9.59 Å². The number of nitrogens with zero attached hydrogens (tertiary/aromatic N) is 1. The molecule has 0 unspecified atom stereocenters. The number of halogens is 3. The molecular formula is C13H16Cl3N3O2. The molecule has 0 spiro atoms. The van der Waals surface area contributed by atoms with Crippen molar-refractivity contribution in [2.75, 3.05) is 32.7 Å². The van der Waals surface area contributed by atoms with Crippen molar-refractivity contribution >= 4 is 47.4 Å². The molecule has 0 radical (unpaired) electrons. The van der Waals surface area contributed by atoms with Gasteiger partial charge in [0.1, 0.15) is 0 Å². The lowest BCUT2D eigenvalue weighted by atomic mass is 10.2. The minimum atomic E-state index is -0.341. The summed E-state index contributed by atoms with van der Waals surface area (Å²) in [5, 5.41) is 6.46. The molecule has 0 saturated carbocycles. The third-order valence-corrected chi connectivity index (χ3v) is 3.79. The van der Waals surface area contributed by atoms with Crippen LogP contribution < -0.4 is 10.6 Å². The molecule has 1 saturated heterocycles. The van der Waals surface area contributed by atoms with Gasteiger partial charge in [-0.05, 0) is 18.2 Å². The van der Waals surface area contributed by atoms with Crippen LogP contribution in [0.5, 0.6) is 0 Å². The van der Waals surface area contributed by atoms with Crippen molar-refractivity contribution in [3.63, 3.8) is 0 Å². The van der Waals surface area contributed by atoms with Crippen molar-refractivity contribution < 1.29 is 9.59 Å². The van der Waals surface area contributed by atoms with Crippen molar-refractivity contribution in [1.82, 2.24) is 15.5 Å². The fourth-order valence-corrected chi connectivity index (χ4v) is 2.22. The maximum absolute atomic E-state index is 11.9. The maximum Gasteiger partial charge on any atom is 0.251 e. The Hall–Kier alpha value is -1.01. The lowest BCUT2D eigenvalue weighted by Crippen LogP contribution is -2.49. The second kappa shape index (κ2) is 8.44. The highest BCUT2D eigenvalue weighted by Crippen LogP contribution is 2.22. The van der Waals surface area contributed by atoms with Crippen LogP contribution in [-0.2, 0) is 4.79 Å². The number of carbonyl (C=O) groups excluding carboxylic acids is 2. The second-order valence-corrected chi connectivity index (χ2v) is 5.26.